The number of aliphatic carboxylic acids is 1. The van der Waals surface area contributed by atoms with Gasteiger partial charge in [-0.2, -0.15) is 13.2 Å². The van der Waals surface area contributed by atoms with Crippen LogP contribution in [0.2, 0.25) is 0 Å². The third kappa shape index (κ3) is 3.72. The quantitative estimate of drug-likeness (QED) is 0.882. The average Bonchev–Trinajstić information content (AvgIpc) is 3.07. The first-order valence-corrected chi connectivity index (χ1v) is 6.66. The van der Waals surface area contributed by atoms with E-state index in [4.69, 9.17) is 5.11 Å². The molecule has 0 aliphatic heterocycles. The van der Waals surface area contributed by atoms with Crippen molar-refractivity contribution in [3.05, 3.63) is 33.8 Å². The van der Waals surface area contributed by atoms with Gasteiger partial charge in [-0.3, -0.25) is 4.79 Å². The number of carboxylic acid groups (broad SMARTS) is 1. The van der Waals surface area contributed by atoms with Gasteiger partial charge in [0.05, 0.1) is 12.0 Å². The molecule has 0 radical (unpaired) electrons. The third-order valence-electron chi connectivity index (χ3n) is 3.26. The summed E-state index contributed by atoms with van der Waals surface area (Å²) >= 11 is 3.06. The molecule has 1 fully saturated rings. The Balaban J connectivity index is 2.36. The molecule has 0 saturated heterocycles. The molecule has 19 heavy (non-hydrogen) atoms. The van der Waals surface area contributed by atoms with Crippen LogP contribution in [0.15, 0.2) is 22.7 Å². The summed E-state index contributed by atoms with van der Waals surface area (Å²) in [4.78, 5) is 10.8. The first-order valence-electron chi connectivity index (χ1n) is 5.87. The van der Waals surface area contributed by atoms with Crippen molar-refractivity contribution in [2.75, 3.05) is 0 Å². The summed E-state index contributed by atoms with van der Waals surface area (Å²) in [5.41, 5.74) is -0.292. The molecule has 2 nitrogen and oxygen atoms in total. The Morgan fingerprint density at radius 3 is 2.47 bits per heavy atom. The lowest BCUT2D eigenvalue weighted by Gasteiger charge is -2.17. The molecule has 1 aromatic rings. The van der Waals surface area contributed by atoms with Crippen LogP contribution in [0.1, 0.15) is 36.3 Å². The Kier molecular flexibility index (Phi) is 3.90. The largest absolute Gasteiger partial charge is 0.481 e. The summed E-state index contributed by atoms with van der Waals surface area (Å²) < 4.78 is 38.6. The molecule has 104 valence electrons. The highest BCUT2D eigenvalue weighted by atomic mass is 79.9. The van der Waals surface area contributed by atoms with Crippen molar-refractivity contribution in [2.45, 2.75) is 31.4 Å². The van der Waals surface area contributed by atoms with Gasteiger partial charge in [-0.05, 0) is 48.4 Å². The molecule has 1 saturated carbocycles. The van der Waals surface area contributed by atoms with E-state index < -0.39 is 17.7 Å². The lowest BCUT2D eigenvalue weighted by Crippen LogP contribution is -2.11. The van der Waals surface area contributed by atoms with E-state index in [-0.39, 0.29) is 18.3 Å². The highest BCUT2D eigenvalue weighted by molar-refractivity contribution is 9.10. The van der Waals surface area contributed by atoms with E-state index in [1.54, 1.807) is 6.07 Å². The minimum absolute atomic E-state index is 0.127. The van der Waals surface area contributed by atoms with E-state index in [9.17, 15) is 18.0 Å². The standard InChI is InChI=1S/C13H12BrF3O2/c14-10-4-8(3-9(5-10)13(15,16)17)11(6-12(18)19)7-1-2-7/h3-5,7,11H,1-2,6H2,(H,18,19). The maximum Gasteiger partial charge on any atom is 0.416 e. The van der Waals surface area contributed by atoms with Gasteiger partial charge in [0.1, 0.15) is 0 Å². The van der Waals surface area contributed by atoms with Gasteiger partial charge in [0, 0.05) is 4.47 Å². The van der Waals surface area contributed by atoms with E-state index >= 15 is 0 Å². The molecule has 0 aromatic heterocycles. The SMILES string of the molecule is O=C(O)CC(c1cc(Br)cc(C(F)(F)F)c1)C1CC1. The highest BCUT2D eigenvalue weighted by Crippen LogP contribution is 2.46. The van der Waals surface area contributed by atoms with Gasteiger partial charge in [-0.1, -0.05) is 15.9 Å². The Hall–Kier alpha value is -1.04. The minimum Gasteiger partial charge on any atom is -0.481 e. The monoisotopic (exact) mass is 336 g/mol. The van der Waals surface area contributed by atoms with Crippen LogP contribution in [-0.4, -0.2) is 11.1 Å². The summed E-state index contributed by atoms with van der Waals surface area (Å²) in [6.45, 7) is 0. The van der Waals surface area contributed by atoms with Gasteiger partial charge in [-0.15, -0.1) is 0 Å². The fourth-order valence-corrected chi connectivity index (χ4v) is 2.74. The number of rotatable bonds is 4. The molecule has 0 amide bonds. The topological polar surface area (TPSA) is 37.3 Å². The zero-order chi connectivity index (χ0) is 14.2. The van der Waals surface area contributed by atoms with E-state index in [1.165, 1.54) is 0 Å². The van der Waals surface area contributed by atoms with Crippen LogP contribution in [0.25, 0.3) is 0 Å². The molecule has 1 aromatic carbocycles. The minimum atomic E-state index is -4.42. The lowest BCUT2D eigenvalue weighted by atomic mass is 9.90. The van der Waals surface area contributed by atoms with Crippen LogP contribution < -0.4 is 0 Å². The summed E-state index contributed by atoms with van der Waals surface area (Å²) in [6, 6.07) is 3.66. The molecular formula is C13H12BrF3O2. The number of benzene rings is 1. The van der Waals surface area contributed by atoms with Crippen molar-refractivity contribution in [3.8, 4) is 0 Å². The Morgan fingerprint density at radius 2 is 2.00 bits per heavy atom. The smallest absolute Gasteiger partial charge is 0.416 e. The zero-order valence-electron chi connectivity index (χ0n) is 9.88. The van der Waals surface area contributed by atoms with Crippen LogP contribution in [0.5, 0.6) is 0 Å². The lowest BCUT2D eigenvalue weighted by molar-refractivity contribution is -0.138. The Labute approximate surface area is 116 Å². The fourth-order valence-electron chi connectivity index (χ4n) is 2.23. The number of carbonyl (C=O) groups is 1. The third-order valence-corrected chi connectivity index (χ3v) is 3.72. The first kappa shape index (κ1) is 14.4. The molecule has 0 heterocycles. The van der Waals surface area contributed by atoms with Crippen LogP contribution in [0, 0.1) is 5.92 Å². The molecule has 1 atom stereocenters. The van der Waals surface area contributed by atoms with Crippen molar-refractivity contribution >= 4 is 21.9 Å². The molecule has 1 unspecified atom stereocenters. The molecule has 6 heteroatoms. The predicted molar refractivity (Wildman–Crippen MR) is 66.9 cm³/mol. The van der Waals surface area contributed by atoms with Gasteiger partial charge >= 0.3 is 12.1 Å². The first-order chi connectivity index (χ1) is 8.77. The number of hydrogen-bond donors (Lipinski definition) is 1. The van der Waals surface area contributed by atoms with E-state index in [1.807, 2.05) is 0 Å². The summed E-state index contributed by atoms with van der Waals surface area (Å²) in [5, 5.41) is 8.89. The second kappa shape index (κ2) is 5.15. The number of alkyl halides is 3. The predicted octanol–water partition coefficient (Wildman–Crippen LogP) is 4.44. The van der Waals surface area contributed by atoms with Crippen LogP contribution in [0.4, 0.5) is 13.2 Å². The van der Waals surface area contributed by atoms with Crippen molar-refractivity contribution in [3.63, 3.8) is 0 Å². The molecule has 2 rings (SSSR count). The van der Waals surface area contributed by atoms with Crippen LogP contribution in [-0.2, 0) is 11.0 Å². The van der Waals surface area contributed by atoms with Crippen molar-refractivity contribution in [1.29, 1.82) is 0 Å². The van der Waals surface area contributed by atoms with Gasteiger partial charge in [-0.25, -0.2) is 0 Å². The van der Waals surface area contributed by atoms with Gasteiger partial charge in [0.25, 0.3) is 0 Å². The van der Waals surface area contributed by atoms with E-state index in [2.05, 4.69) is 15.9 Å². The van der Waals surface area contributed by atoms with Crippen LogP contribution >= 0.6 is 15.9 Å². The van der Waals surface area contributed by atoms with Crippen molar-refractivity contribution < 1.29 is 23.1 Å². The van der Waals surface area contributed by atoms with Gasteiger partial charge in [0.15, 0.2) is 0 Å². The van der Waals surface area contributed by atoms with Crippen LogP contribution in [0.3, 0.4) is 0 Å². The molecule has 1 aliphatic rings. The van der Waals surface area contributed by atoms with Crippen molar-refractivity contribution in [1.82, 2.24) is 0 Å². The van der Waals surface area contributed by atoms with Crippen molar-refractivity contribution in [2.24, 2.45) is 5.92 Å². The molecule has 1 aliphatic carbocycles. The fraction of sp³-hybridized carbons (Fsp3) is 0.462. The Morgan fingerprint density at radius 1 is 1.37 bits per heavy atom. The summed E-state index contributed by atoms with van der Waals surface area (Å²) in [7, 11) is 0. The maximum absolute atomic E-state index is 12.8. The summed E-state index contributed by atoms with van der Waals surface area (Å²) in [5.74, 6) is -1.13. The second-order valence-corrected chi connectivity index (χ2v) is 5.73. The maximum atomic E-state index is 12.8. The Bertz CT molecular complexity index is 495. The van der Waals surface area contributed by atoms with Gasteiger partial charge in [0.2, 0.25) is 0 Å². The molecule has 0 bridgehead atoms. The highest BCUT2D eigenvalue weighted by Gasteiger charge is 2.36. The number of carboxylic acids is 1. The van der Waals surface area contributed by atoms with Gasteiger partial charge < -0.3 is 5.11 Å². The van der Waals surface area contributed by atoms with E-state index in [0.717, 1.165) is 25.0 Å². The normalized spacial score (nSPS) is 17.3. The number of hydrogen-bond acceptors (Lipinski definition) is 1. The molecule has 1 N–H and O–H groups in total. The molecular weight excluding hydrogens is 325 g/mol. The molecule has 0 spiro atoms. The second-order valence-electron chi connectivity index (χ2n) is 4.81. The number of halogens is 4. The average molecular weight is 337 g/mol. The zero-order valence-corrected chi connectivity index (χ0v) is 11.5. The van der Waals surface area contributed by atoms with E-state index in [0.29, 0.717) is 10.0 Å². The summed E-state index contributed by atoms with van der Waals surface area (Å²) in [6.07, 6.45) is -2.79.